The molecule has 0 aliphatic rings. The quantitative estimate of drug-likeness (QED) is 0.531. The van der Waals surface area contributed by atoms with E-state index in [2.05, 4.69) is 20.6 Å². The first-order chi connectivity index (χ1) is 13.7. The van der Waals surface area contributed by atoms with E-state index in [4.69, 9.17) is 4.74 Å². The molecule has 28 heavy (non-hydrogen) atoms. The summed E-state index contributed by atoms with van der Waals surface area (Å²) >= 11 is 1.43. The van der Waals surface area contributed by atoms with Crippen LogP contribution in [0.3, 0.4) is 0 Å². The number of hydrogen-bond donors (Lipinski definition) is 1. The maximum Gasteiger partial charge on any atom is 0.255 e. The van der Waals surface area contributed by atoms with Crippen molar-refractivity contribution in [2.24, 2.45) is 0 Å². The molecule has 142 valence electrons. The summed E-state index contributed by atoms with van der Waals surface area (Å²) < 4.78 is 7.32. The third-order valence-corrected chi connectivity index (χ3v) is 5.05. The average molecular weight is 393 g/mol. The summed E-state index contributed by atoms with van der Waals surface area (Å²) in [5.74, 6) is 1.21. The van der Waals surface area contributed by atoms with Crippen LogP contribution in [-0.4, -0.2) is 32.3 Å². The fourth-order valence-corrected chi connectivity index (χ4v) is 3.67. The third kappa shape index (κ3) is 3.59. The zero-order valence-corrected chi connectivity index (χ0v) is 16.4. The van der Waals surface area contributed by atoms with Crippen LogP contribution in [0.4, 0.5) is 5.69 Å². The SMILES string of the molecule is CCCOc1cccc(C(=O)Nc2ccccc2-c2nn3c(C)nnc3s2)c1. The molecular formula is C20H19N5O2S. The molecule has 0 saturated carbocycles. The van der Waals surface area contributed by atoms with Crippen LogP contribution in [-0.2, 0) is 0 Å². The second kappa shape index (κ2) is 7.77. The normalized spacial score (nSPS) is 10.9. The Morgan fingerprint density at radius 1 is 1.18 bits per heavy atom. The number of para-hydroxylation sites is 1. The Labute approximate surface area is 166 Å². The Balaban J connectivity index is 1.61. The third-order valence-electron chi connectivity index (χ3n) is 4.12. The van der Waals surface area contributed by atoms with Gasteiger partial charge in [0.2, 0.25) is 4.96 Å². The summed E-state index contributed by atoms with van der Waals surface area (Å²) in [5, 5.41) is 16.4. The average Bonchev–Trinajstić information content (AvgIpc) is 3.29. The number of carbonyl (C=O) groups excluding carboxylic acids is 1. The van der Waals surface area contributed by atoms with Gasteiger partial charge in [-0.15, -0.1) is 10.2 Å². The van der Waals surface area contributed by atoms with Gasteiger partial charge >= 0.3 is 0 Å². The van der Waals surface area contributed by atoms with Gasteiger partial charge in [-0.25, -0.2) is 0 Å². The molecule has 0 atom stereocenters. The highest BCUT2D eigenvalue weighted by molar-refractivity contribution is 7.19. The van der Waals surface area contributed by atoms with E-state index in [1.54, 1.807) is 16.6 Å². The van der Waals surface area contributed by atoms with Gasteiger partial charge in [0.15, 0.2) is 5.82 Å². The topological polar surface area (TPSA) is 81.4 Å². The van der Waals surface area contributed by atoms with Crippen molar-refractivity contribution in [1.82, 2.24) is 19.8 Å². The Hall–Kier alpha value is -3.26. The number of benzene rings is 2. The highest BCUT2D eigenvalue weighted by Gasteiger charge is 2.15. The van der Waals surface area contributed by atoms with E-state index in [-0.39, 0.29) is 5.91 Å². The lowest BCUT2D eigenvalue weighted by atomic mass is 10.1. The molecule has 1 N–H and O–H groups in total. The van der Waals surface area contributed by atoms with E-state index in [0.29, 0.717) is 23.6 Å². The second-order valence-electron chi connectivity index (χ2n) is 6.22. The van der Waals surface area contributed by atoms with Crippen LogP contribution >= 0.6 is 11.3 Å². The van der Waals surface area contributed by atoms with E-state index < -0.39 is 0 Å². The zero-order valence-electron chi connectivity index (χ0n) is 15.5. The van der Waals surface area contributed by atoms with E-state index in [1.165, 1.54) is 11.3 Å². The molecule has 0 aliphatic heterocycles. The number of rotatable bonds is 6. The minimum absolute atomic E-state index is 0.200. The number of hydrogen-bond acceptors (Lipinski definition) is 6. The van der Waals surface area contributed by atoms with Crippen molar-refractivity contribution in [3.05, 3.63) is 59.9 Å². The maximum atomic E-state index is 12.8. The smallest absolute Gasteiger partial charge is 0.255 e. The molecule has 4 aromatic rings. The second-order valence-corrected chi connectivity index (χ2v) is 7.18. The number of aryl methyl sites for hydroxylation is 1. The number of ether oxygens (including phenoxy) is 1. The Kier molecular flexibility index (Phi) is 5.03. The molecule has 2 aromatic heterocycles. The van der Waals surface area contributed by atoms with E-state index in [1.807, 2.05) is 50.2 Å². The number of nitrogens with zero attached hydrogens (tertiary/aromatic N) is 4. The summed E-state index contributed by atoms with van der Waals surface area (Å²) in [6.07, 6.45) is 0.913. The molecule has 2 heterocycles. The van der Waals surface area contributed by atoms with Crippen LogP contribution in [0.1, 0.15) is 29.5 Å². The number of nitrogens with one attached hydrogen (secondary N) is 1. The standard InChI is InChI=1S/C20H19N5O2S/c1-3-11-27-15-8-6-7-14(12-15)18(26)21-17-10-5-4-9-16(17)19-24-25-13(2)22-23-20(25)28-19/h4-10,12H,3,11H2,1-2H3,(H,21,26). The van der Waals surface area contributed by atoms with Crippen LogP contribution in [0, 0.1) is 6.92 Å². The molecule has 0 radical (unpaired) electrons. The molecule has 7 nitrogen and oxygen atoms in total. The predicted octanol–water partition coefficient (Wildman–Crippen LogP) is 4.20. The molecule has 0 unspecified atom stereocenters. The molecule has 4 rings (SSSR count). The lowest BCUT2D eigenvalue weighted by Crippen LogP contribution is -2.12. The van der Waals surface area contributed by atoms with Crippen LogP contribution in [0.2, 0.25) is 0 Å². The molecule has 0 spiro atoms. The van der Waals surface area contributed by atoms with Gasteiger partial charge in [-0.05, 0) is 43.7 Å². The number of amides is 1. The first-order valence-electron chi connectivity index (χ1n) is 8.98. The summed E-state index contributed by atoms with van der Waals surface area (Å²) in [6, 6.07) is 14.8. The summed E-state index contributed by atoms with van der Waals surface area (Å²) in [6.45, 7) is 4.51. The van der Waals surface area contributed by atoms with Crippen molar-refractivity contribution in [2.75, 3.05) is 11.9 Å². The largest absolute Gasteiger partial charge is 0.494 e. The lowest BCUT2D eigenvalue weighted by molar-refractivity contribution is 0.102. The van der Waals surface area contributed by atoms with Crippen LogP contribution < -0.4 is 10.1 Å². The lowest BCUT2D eigenvalue weighted by Gasteiger charge is -2.10. The van der Waals surface area contributed by atoms with Crippen molar-refractivity contribution in [1.29, 1.82) is 0 Å². The van der Waals surface area contributed by atoms with E-state index in [0.717, 1.165) is 27.8 Å². The Morgan fingerprint density at radius 3 is 2.86 bits per heavy atom. The number of fused-ring (bicyclic) bond motifs is 1. The first-order valence-corrected chi connectivity index (χ1v) is 9.80. The molecule has 0 bridgehead atoms. The fourth-order valence-electron chi connectivity index (χ4n) is 2.74. The number of aromatic nitrogens is 4. The first kappa shape index (κ1) is 18.1. The Bertz CT molecular complexity index is 1130. The van der Waals surface area contributed by atoms with Gasteiger partial charge in [-0.1, -0.05) is 36.5 Å². The molecule has 0 saturated heterocycles. The minimum Gasteiger partial charge on any atom is -0.494 e. The monoisotopic (exact) mass is 393 g/mol. The molecule has 8 heteroatoms. The zero-order chi connectivity index (χ0) is 19.5. The predicted molar refractivity (Wildman–Crippen MR) is 109 cm³/mol. The summed E-state index contributed by atoms with van der Waals surface area (Å²) in [7, 11) is 0. The van der Waals surface area contributed by atoms with Crippen LogP contribution in [0.25, 0.3) is 15.5 Å². The van der Waals surface area contributed by atoms with Crippen molar-refractivity contribution < 1.29 is 9.53 Å². The van der Waals surface area contributed by atoms with Gasteiger partial charge in [0.05, 0.1) is 12.3 Å². The van der Waals surface area contributed by atoms with Gasteiger partial charge in [0.25, 0.3) is 5.91 Å². The van der Waals surface area contributed by atoms with Gasteiger partial charge in [0, 0.05) is 11.1 Å². The number of carbonyl (C=O) groups is 1. The fraction of sp³-hybridized carbons (Fsp3) is 0.200. The van der Waals surface area contributed by atoms with Crippen molar-refractivity contribution in [3.8, 4) is 16.3 Å². The van der Waals surface area contributed by atoms with Crippen LogP contribution in [0.5, 0.6) is 5.75 Å². The van der Waals surface area contributed by atoms with Crippen molar-refractivity contribution in [2.45, 2.75) is 20.3 Å². The molecule has 1 amide bonds. The van der Waals surface area contributed by atoms with Gasteiger partial charge in [-0.3, -0.25) is 4.79 Å². The van der Waals surface area contributed by atoms with Gasteiger partial charge in [-0.2, -0.15) is 9.61 Å². The van der Waals surface area contributed by atoms with Crippen LogP contribution in [0.15, 0.2) is 48.5 Å². The molecule has 0 aliphatic carbocycles. The molecule has 0 fully saturated rings. The van der Waals surface area contributed by atoms with Gasteiger partial charge in [0.1, 0.15) is 10.8 Å². The highest BCUT2D eigenvalue weighted by Crippen LogP contribution is 2.31. The highest BCUT2D eigenvalue weighted by atomic mass is 32.1. The minimum atomic E-state index is -0.200. The number of anilines is 1. The maximum absolute atomic E-state index is 12.8. The molecular weight excluding hydrogens is 374 g/mol. The Morgan fingerprint density at radius 2 is 2.04 bits per heavy atom. The summed E-state index contributed by atoms with van der Waals surface area (Å²) in [4.78, 5) is 13.5. The van der Waals surface area contributed by atoms with Crippen molar-refractivity contribution in [3.63, 3.8) is 0 Å². The van der Waals surface area contributed by atoms with Gasteiger partial charge < -0.3 is 10.1 Å². The molecule has 2 aromatic carbocycles. The van der Waals surface area contributed by atoms with Crippen molar-refractivity contribution >= 4 is 27.9 Å². The van der Waals surface area contributed by atoms with E-state index >= 15 is 0 Å². The summed E-state index contributed by atoms with van der Waals surface area (Å²) in [5.41, 5.74) is 2.07. The van der Waals surface area contributed by atoms with E-state index in [9.17, 15) is 4.79 Å².